The van der Waals surface area contributed by atoms with E-state index in [0.717, 1.165) is 22.4 Å². The molecule has 1 heteroatoms. The second-order valence-corrected chi connectivity index (χ2v) is 6.57. The van der Waals surface area contributed by atoms with Crippen LogP contribution >= 0.6 is 0 Å². The summed E-state index contributed by atoms with van der Waals surface area (Å²) in [6.45, 7) is 0. The Morgan fingerprint density at radius 1 is 0.481 bits per heavy atom. The maximum Gasteiger partial charge on any atom is 0.0553 e. The van der Waals surface area contributed by atoms with Gasteiger partial charge < -0.3 is 4.90 Å². The van der Waals surface area contributed by atoms with Crippen LogP contribution in [0.4, 0.5) is 17.1 Å². The molecular formula is C26H17N. The second-order valence-electron chi connectivity index (χ2n) is 6.57. The van der Waals surface area contributed by atoms with Crippen molar-refractivity contribution in [2.45, 2.75) is 0 Å². The smallest absolute Gasteiger partial charge is 0.0553 e. The van der Waals surface area contributed by atoms with Crippen LogP contribution < -0.4 is 4.90 Å². The van der Waals surface area contributed by atoms with Crippen LogP contribution in [0, 0.1) is 12.1 Å². The molecule has 2 radical (unpaired) electrons. The van der Waals surface area contributed by atoms with Crippen molar-refractivity contribution in [3.05, 3.63) is 115 Å². The van der Waals surface area contributed by atoms with E-state index in [0.29, 0.717) is 0 Å². The summed E-state index contributed by atoms with van der Waals surface area (Å²) in [5.41, 5.74) is 3.19. The van der Waals surface area contributed by atoms with Gasteiger partial charge in [-0.25, -0.2) is 0 Å². The molecule has 27 heavy (non-hydrogen) atoms. The maximum absolute atomic E-state index is 3.37. The number of anilines is 3. The van der Waals surface area contributed by atoms with E-state index in [1.165, 1.54) is 16.2 Å². The molecule has 0 saturated heterocycles. The molecule has 0 bridgehead atoms. The van der Waals surface area contributed by atoms with E-state index in [9.17, 15) is 0 Å². The van der Waals surface area contributed by atoms with E-state index < -0.39 is 0 Å². The highest BCUT2D eigenvalue weighted by atomic mass is 15.1. The quantitative estimate of drug-likeness (QED) is 0.317. The fourth-order valence-electron chi connectivity index (χ4n) is 3.50. The molecule has 1 nitrogen and oxygen atoms in total. The predicted molar refractivity (Wildman–Crippen MR) is 114 cm³/mol. The van der Waals surface area contributed by atoms with Gasteiger partial charge in [0.15, 0.2) is 0 Å². The largest absolute Gasteiger partial charge is 0.310 e. The van der Waals surface area contributed by atoms with Crippen LogP contribution in [0.3, 0.4) is 0 Å². The third-order valence-electron chi connectivity index (χ3n) is 4.81. The predicted octanol–water partition coefficient (Wildman–Crippen LogP) is 7.06. The molecule has 0 saturated carbocycles. The van der Waals surface area contributed by atoms with E-state index in [1.807, 2.05) is 12.1 Å². The highest BCUT2D eigenvalue weighted by molar-refractivity contribution is 5.99. The third kappa shape index (κ3) is 2.94. The van der Waals surface area contributed by atoms with Crippen molar-refractivity contribution in [2.24, 2.45) is 0 Å². The first-order chi connectivity index (χ1) is 13.4. The first-order valence-corrected chi connectivity index (χ1v) is 9.05. The van der Waals surface area contributed by atoms with Gasteiger partial charge in [0.2, 0.25) is 0 Å². The van der Waals surface area contributed by atoms with Crippen LogP contribution in [0.25, 0.3) is 21.5 Å². The van der Waals surface area contributed by atoms with E-state index in [4.69, 9.17) is 0 Å². The van der Waals surface area contributed by atoms with Gasteiger partial charge in [-0.1, -0.05) is 60.7 Å². The van der Waals surface area contributed by atoms with Crippen molar-refractivity contribution in [3.63, 3.8) is 0 Å². The first kappa shape index (κ1) is 15.7. The average Bonchev–Trinajstić information content (AvgIpc) is 2.74. The molecular weight excluding hydrogens is 326 g/mol. The van der Waals surface area contributed by atoms with E-state index in [-0.39, 0.29) is 0 Å². The zero-order chi connectivity index (χ0) is 18.1. The first-order valence-electron chi connectivity index (χ1n) is 9.05. The molecule has 0 atom stereocenters. The van der Waals surface area contributed by atoms with Gasteiger partial charge in [0.1, 0.15) is 0 Å². The van der Waals surface area contributed by atoms with Gasteiger partial charge in [-0.15, -0.1) is 0 Å². The summed E-state index contributed by atoms with van der Waals surface area (Å²) < 4.78 is 0. The molecule has 0 aromatic heterocycles. The summed E-state index contributed by atoms with van der Waals surface area (Å²) in [5, 5.41) is 4.71. The van der Waals surface area contributed by atoms with Crippen molar-refractivity contribution >= 4 is 38.6 Å². The van der Waals surface area contributed by atoms with Gasteiger partial charge in [0.25, 0.3) is 0 Å². The lowest BCUT2D eigenvalue weighted by molar-refractivity contribution is 1.28. The van der Waals surface area contributed by atoms with Crippen LogP contribution in [-0.2, 0) is 0 Å². The highest BCUT2D eigenvalue weighted by Crippen LogP contribution is 2.35. The standard InChI is InChI=1S/C26H17N/c1-3-11-24(12-4-1)27(25-13-5-2-6-14-25)26-16-15-22-17-20-9-7-8-10-21(20)18-23(22)19-26/h1-14,17-19H. The normalized spacial score (nSPS) is 11.0. The fourth-order valence-corrected chi connectivity index (χ4v) is 3.50. The van der Waals surface area contributed by atoms with Crippen molar-refractivity contribution in [2.75, 3.05) is 4.90 Å². The Balaban J connectivity index is 1.71. The van der Waals surface area contributed by atoms with Crippen molar-refractivity contribution in [1.29, 1.82) is 0 Å². The van der Waals surface area contributed by atoms with Gasteiger partial charge in [-0.05, 0) is 64.0 Å². The molecule has 0 amide bonds. The fraction of sp³-hybridized carbons (Fsp3) is 0. The summed E-state index contributed by atoms with van der Waals surface area (Å²) in [6.07, 6.45) is 0. The molecule has 0 fully saturated rings. The minimum atomic E-state index is 0.982. The van der Waals surface area contributed by atoms with Crippen LogP contribution in [-0.4, -0.2) is 0 Å². The molecule has 5 rings (SSSR count). The molecule has 0 unspecified atom stereocenters. The van der Waals surface area contributed by atoms with E-state index >= 15 is 0 Å². The summed E-state index contributed by atoms with van der Waals surface area (Å²) in [7, 11) is 0. The maximum atomic E-state index is 3.37. The summed E-state index contributed by atoms with van der Waals surface area (Å²) in [4.78, 5) is 2.21. The second kappa shape index (κ2) is 6.62. The van der Waals surface area contributed by atoms with Crippen LogP contribution in [0.2, 0.25) is 0 Å². The number of nitrogens with zero attached hydrogens (tertiary/aromatic N) is 1. The number of rotatable bonds is 3. The molecule has 0 heterocycles. The van der Waals surface area contributed by atoms with Crippen molar-refractivity contribution in [1.82, 2.24) is 0 Å². The Hall–Kier alpha value is -3.58. The molecule has 5 aromatic carbocycles. The molecule has 126 valence electrons. The van der Waals surface area contributed by atoms with Crippen LogP contribution in [0.1, 0.15) is 0 Å². The number of fused-ring (bicyclic) bond motifs is 2. The minimum absolute atomic E-state index is 0.982. The third-order valence-corrected chi connectivity index (χ3v) is 4.81. The Morgan fingerprint density at radius 2 is 1.04 bits per heavy atom. The van der Waals surface area contributed by atoms with Crippen molar-refractivity contribution < 1.29 is 0 Å². The monoisotopic (exact) mass is 343 g/mol. The molecule has 0 N–H and O–H groups in total. The SMILES string of the molecule is [c]1[c]c2cc3ccccc3cc2cc1N(c1ccccc1)c1ccccc1. The average molecular weight is 343 g/mol. The van der Waals surface area contributed by atoms with Gasteiger partial charge >= 0.3 is 0 Å². The highest BCUT2D eigenvalue weighted by Gasteiger charge is 2.12. The summed E-state index contributed by atoms with van der Waals surface area (Å²) in [5.74, 6) is 0. The van der Waals surface area contributed by atoms with Gasteiger partial charge in [0, 0.05) is 23.5 Å². The lowest BCUT2D eigenvalue weighted by atomic mass is 10.0. The molecule has 0 aliphatic carbocycles. The van der Waals surface area contributed by atoms with Gasteiger partial charge in [-0.3, -0.25) is 0 Å². The lowest BCUT2D eigenvalue weighted by Gasteiger charge is -2.25. The van der Waals surface area contributed by atoms with E-state index in [2.05, 4.69) is 108 Å². The Bertz CT molecular complexity index is 1170. The number of para-hydroxylation sites is 2. The van der Waals surface area contributed by atoms with Gasteiger partial charge in [0.05, 0.1) is 5.69 Å². The number of hydrogen-bond donors (Lipinski definition) is 0. The van der Waals surface area contributed by atoms with Crippen molar-refractivity contribution in [3.8, 4) is 0 Å². The topological polar surface area (TPSA) is 3.24 Å². The van der Waals surface area contributed by atoms with Gasteiger partial charge in [-0.2, -0.15) is 0 Å². The zero-order valence-corrected chi connectivity index (χ0v) is 14.8. The van der Waals surface area contributed by atoms with E-state index in [1.54, 1.807) is 0 Å². The Labute approximate surface area is 159 Å². The van der Waals surface area contributed by atoms with Crippen LogP contribution in [0.5, 0.6) is 0 Å². The Morgan fingerprint density at radius 3 is 1.67 bits per heavy atom. The van der Waals surface area contributed by atoms with Crippen LogP contribution in [0.15, 0.2) is 103 Å². The minimum Gasteiger partial charge on any atom is -0.310 e. The molecule has 0 spiro atoms. The lowest BCUT2D eigenvalue weighted by Crippen LogP contribution is -2.09. The molecule has 0 aliphatic rings. The number of hydrogen-bond acceptors (Lipinski definition) is 1. The number of benzene rings is 5. The Kier molecular flexibility index (Phi) is 3.84. The summed E-state index contributed by atoms with van der Waals surface area (Å²) >= 11 is 0. The molecule has 0 aliphatic heterocycles. The molecule has 5 aromatic rings. The zero-order valence-electron chi connectivity index (χ0n) is 14.8. The summed E-state index contributed by atoms with van der Waals surface area (Å²) in [6, 6.07) is 42.5.